The van der Waals surface area contributed by atoms with Gasteiger partial charge in [-0.3, -0.25) is 4.31 Å². The molecular weight excluding hydrogens is 278 g/mol. The molecule has 0 fully saturated rings. The van der Waals surface area contributed by atoms with Crippen molar-refractivity contribution >= 4 is 15.7 Å². The van der Waals surface area contributed by atoms with Crippen LogP contribution in [0.4, 0.5) is 5.69 Å². The van der Waals surface area contributed by atoms with Gasteiger partial charge in [-0.15, -0.1) is 0 Å². The quantitative estimate of drug-likeness (QED) is 0.941. The first-order chi connectivity index (χ1) is 9.38. The lowest BCUT2D eigenvalue weighted by Crippen LogP contribution is -2.25. The minimum Gasteiger partial charge on any atom is -0.508 e. The van der Waals surface area contributed by atoms with E-state index in [1.807, 2.05) is 0 Å². The molecule has 1 N–H and O–H groups in total. The van der Waals surface area contributed by atoms with Crippen molar-refractivity contribution in [1.82, 2.24) is 0 Å². The second kappa shape index (κ2) is 5.42. The van der Waals surface area contributed by atoms with Crippen LogP contribution in [-0.4, -0.2) is 26.8 Å². The number of hydrogen-bond acceptors (Lipinski definition) is 4. The Hall–Kier alpha value is -2.21. The van der Waals surface area contributed by atoms with Crippen LogP contribution in [0.15, 0.2) is 48.5 Å². The van der Waals surface area contributed by atoms with E-state index in [1.165, 1.54) is 19.2 Å². The van der Waals surface area contributed by atoms with Crippen molar-refractivity contribution in [2.75, 3.05) is 17.6 Å². The van der Waals surface area contributed by atoms with Crippen molar-refractivity contribution in [2.24, 2.45) is 0 Å². The Balaban J connectivity index is 2.35. The van der Waals surface area contributed by atoms with Gasteiger partial charge in [-0.1, -0.05) is 12.1 Å². The summed E-state index contributed by atoms with van der Waals surface area (Å²) in [4.78, 5) is 0. The zero-order valence-electron chi connectivity index (χ0n) is 11.1. The first-order valence-corrected chi connectivity index (χ1v) is 7.72. The fraction of sp³-hybridized carbons (Fsp3) is 0.143. The highest BCUT2D eigenvalue weighted by Crippen LogP contribution is 2.33. The average molecular weight is 293 g/mol. The summed E-state index contributed by atoms with van der Waals surface area (Å²) in [5, 5.41) is 9.23. The number of sulfonamides is 1. The van der Waals surface area contributed by atoms with Crippen molar-refractivity contribution in [3.05, 3.63) is 48.5 Å². The van der Waals surface area contributed by atoms with E-state index in [4.69, 9.17) is 4.74 Å². The Bertz CT molecular complexity index is 695. The van der Waals surface area contributed by atoms with Gasteiger partial charge in [0.2, 0.25) is 10.0 Å². The van der Waals surface area contributed by atoms with Crippen LogP contribution in [0.2, 0.25) is 0 Å². The fourth-order valence-corrected chi connectivity index (χ4v) is 2.13. The van der Waals surface area contributed by atoms with Gasteiger partial charge in [0.05, 0.1) is 11.9 Å². The second-order valence-corrected chi connectivity index (χ2v) is 6.31. The van der Waals surface area contributed by atoms with E-state index >= 15 is 0 Å². The van der Waals surface area contributed by atoms with Crippen LogP contribution in [0.5, 0.6) is 17.2 Å². The molecule has 5 nitrogen and oxygen atoms in total. The normalized spacial score (nSPS) is 11.1. The maximum Gasteiger partial charge on any atom is 0.232 e. The highest BCUT2D eigenvalue weighted by Gasteiger charge is 2.16. The number of phenols is 1. The Morgan fingerprint density at radius 1 is 1.05 bits per heavy atom. The Morgan fingerprint density at radius 3 is 2.25 bits per heavy atom. The van der Waals surface area contributed by atoms with Gasteiger partial charge < -0.3 is 9.84 Å². The topological polar surface area (TPSA) is 66.8 Å². The molecule has 0 heterocycles. The summed E-state index contributed by atoms with van der Waals surface area (Å²) in [7, 11) is -1.90. The number of anilines is 1. The number of aromatic hydroxyl groups is 1. The second-order valence-electron chi connectivity index (χ2n) is 4.29. The minimum absolute atomic E-state index is 0.138. The number of ether oxygens (including phenoxy) is 1. The van der Waals surface area contributed by atoms with Crippen LogP contribution in [-0.2, 0) is 10.0 Å². The molecule has 0 saturated heterocycles. The van der Waals surface area contributed by atoms with Gasteiger partial charge in [-0.2, -0.15) is 0 Å². The standard InChI is InChI=1S/C14H15NO4S/c1-15(20(2,17)18)13-5-3-4-6-14(13)19-12-9-7-11(16)8-10-12/h3-10,16H,1-2H3. The van der Waals surface area contributed by atoms with E-state index < -0.39 is 10.0 Å². The summed E-state index contributed by atoms with van der Waals surface area (Å²) in [5.74, 6) is 1.07. The molecule has 0 amide bonds. The van der Waals surface area contributed by atoms with Crippen LogP contribution < -0.4 is 9.04 Å². The van der Waals surface area contributed by atoms with E-state index in [2.05, 4.69) is 0 Å². The van der Waals surface area contributed by atoms with Gasteiger partial charge in [0.1, 0.15) is 11.5 Å². The third-order valence-corrected chi connectivity index (χ3v) is 3.96. The van der Waals surface area contributed by atoms with Gasteiger partial charge in [-0.05, 0) is 36.4 Å². The molecule has 2 rings (SSSR count). The summed E-state index contributed by atoms with van der Waals surface area (Å²) in [6, 6.07) is 13.0. The lowest BCUT2D eigenvalue weighted by molar-refractivity contribution is 0.464. The lowest BCUT2D eigenvalue weighted by Gasteiger charge is -2.20. The molecule has 2 aromatic rings. The largest absolute Gasteiger partial charge is 0.508 e. The molecule has 0 aliphatic rings. The molecule has 0 atom stereocenters. The maximum atomic E-state index is 11.6. The molecule has 0 unspecified atom stereocenters. The molecule has 0 aromatic heterocycles. The van der Waals surface area contributed by atoms with E-state index in [9.17, 15) is 13.5 Å². The molecule has 6 heteroatoms. The van der Waals surface area contributed by atoms with E-state index in [0.717, 1.165) is 10.6 Å². The van der Waals surface area contributed by atoms with Crippen LogP contribution in [0, 0.1) is 0 Å². The van der Waals surface area contributed by atoms with Gasteiger partial charge in [0.25, 0.3) is 0 Å². The van der Waals surface area contributed by atoms with E-state index in [-0.39, 0.29) is 5.75 Å². The maximum absolute atomic E-state index is 11.6. The van der Waals surface area contributed by atoms with Crippen LogP contribution in [0.3, 0.4) is 0 Å². The van der Waals surface area contributed by atoms with Crippen LogP contribution in [0.25, 0.3) is 0 Å². The third kappa shape index (κ3) is 3.21. The van der Waals surface area contributed by atoms with Crippen molar-refractivity contribution in [3.8, 4) is 17.2 Å². The van der Waals surface area contributed by atoms with Crippen molar-refractivity contribution < 1.29 is 18.3 Å². The fourth-order valence-electron chi connectivity index (χ4n) is 1.62. The third-order valence-electron chi connectivity index (χ3n) is 2.77. The first-order valence-electron chi connectivity index (χ1n) is 5.88. The summed E-state index contributed by atoms with van der Waals surface area (Å²) in [6.45, 7) is 0. The predicted molar refractivity (Wildman–Crippen MR) is 77.9 cm³/mol. The van der Waals surface area contributed by atoms with Gasteiger partial charge in [0, 0.05) is 7.05 Å². The monoisotopic (exact) mass is 293 g/mol. The van der Waals surface area contributed by atoms with Crippen LogP contribution >= 0.6 is 0 Å². The van der Waals surface area contributed by atoms with Crippen molar-refractivity contribution in [2.45, 2.75) is 0 Å². The highest BCUT2D eigenvalue weighted by molar-refractivity contribution is 7.92. The zero-order chi connectivity index (χ0) is 14.8. The Morgan fingerprint density at radius 2 is 1.65 bits per heavy atom. The molecule has 20 heavy (non-hydrogen) atoms. The molecule has 2 aromatic carbocycles. The first kappa shape index (κ1) is 14.2. The Kier molecular flexibility index (Phi) is 3.85. The molecule has 0 bridgehead atoms. The number of benzene rings is 2. The molecule has 106 valence electrons. The van der Waals surface area contributed by atoms with Crippen molar-refractivity contribution in [3.63, 3.8) is 0 Å². The SMILES string of the molecule is CN(c1ccccc1Oc1ccc(O)cc1)S(C)(=O)=O. The molecule has 0 spiro atoms. The minimum atomic E-state index is -3.36. The molecule has 0 radical (unpaired) electrons. The average Bonchev–Trinajstić information content (AvgIpc) is 2.40. The van der Waals surface area contributed by atoms with E-state index in [1.54, 1.807) is 36.4 Å². The number of phenolic OH excluding ortho intramolecular Hbond substituents is 1. The number of para-hydroxylation sites is 2. The highest BCUT2D eigenvalue weighted by atomic mass is 32.2. The number of rotatable bonds is 4. The number of hydrogen-bond donors (Lipinski definition) is 1. The van der Waals surface area contributed by atoms with Crippen molar-refractivity contribution in [1.29, 1.82) is 0 Å². The molecule has 0 saturated carbocycles. The summed E-state index contributed by atoms with van der Waals surface area (Å²) < 4.78 is 30.1. The van der Waals surface area contributed by atoms with Crippen LogP contribution in [0.1, 0.15) is 0 Å². The molecule has 0 aliphatic heterocycles. The Labute approximate surface area is 118 Å². The molecule has 0 aliphatic carbocycles. The van der Waals surface area contributed by atoms with Gasteiger partial charge in [0.15, 0.2) is 5.75 Å². The smallest absolute Gasteiger partial charge is 0.232 e. The van der Waals surface area contributed by atoms with Gasteiger partial charge >= 0.3 is 0 Å². The van der Waals surface area contributed by atoms with Gasteiger partial charge in [-0.25, -0.2) is 8.42 Å². The summed E-state index contributed by atoms with van der Waals surface area (Å²) >= 11 is 0. The predicted octanol–water partition coefficient (Wildman–Crippen LogP) is 2.58. The zero-order valence-corrected chi connectivity index (χ0v) is 12.0. The molecular formula is C14H15NO4S. The lowest BCUT2D eigenvalue weighted by atomic mass is 10.3. The van der Waals surface area contributed by atoms with E-state index in [0.29, 0.717) is 17.2 Å². The summed E-state index contributed by atoms with van der Waals surface area (Å²) in [6.07, 6.45) is 1.13. The summed E-state index contributed by atoms with van der Waals surface area (Å²) in [5.41, 5.74) is 0.447. The number of nitrogens with zero attached hydrogens (tertiary/aromatic N) is 1.